The summed E-state index contributed by atoms with van der Waals surface area (Å²) in [6, 6.07) is 3.77. The number of carbonyl (C=O) groups is 1. The van der Waals surface area contributed by atoms with Crippen LogP contribution < -0.4 is 0 Å². The van der Waals surface area contributed by atoms with Gasteiger partial charge < -0.3 is 14.1 Å². The van der Waals surface area contributed by atoms with Gasteiger partial charge in [-0.3, -0.25) is 4.79 Å². The fraction of sp³-hybridized carbons (Fsp3) is 0.643. The molecular weight excluding hydrogens is 230 g/mol. The maximum Gasteiger partial charge on any atom is 0.223 e. The van der Waals surface area contributed by atoms with Crippen LogP contribution in [0.5, 0.6) is 0 Å². The number of ether oxygens (including phenoxy) is 1. The third kappa shape index (κ3) is 3.60. The number of nitrogens with zero attached hydrogens (tertiary/aromatic N) is 1. The van der Waals surface area contributed by atoms with Crippen molar-refractivity contribution in [3.63, 3.8) is 0 Å². The van der Waals surface area contributed by atoms with Gasteiger partial charge in [0.25, 0.3) is 0 Å². The Morgan fingerprint density at radius 1 is 1.50 bits per heavy atom. The number of hydrogen-bond acceptors (Lipinski definition) is 3. The molecule has 1 aliphatic heterocycles. The number of rotatable bonds is 5. The van der Waals surface area contributed by atoms with Crippen molar-refractivity contribution in [3.05, 3.63) is 24.2 Å². The van der Waals surface area contributed by atoms with Crippen molar-refractivity contribution in [2.75, 3.05) is 26.8 Å². The molecule has 1 aliphatic rings. The monoisotopic (exact) mass is 251 g/mol. The van der Waals surface area contributed by atoms with Crippen LogP contribution in [0.2, 0.25) is 0 Å². The number of amides is 1. The molecule has 2 heterocycles. The van der Waals surface area contributed by atoms with Gasteiger partial charge in [-0.15, -0.1) is 0 Å². The molecule has 1 saturated heterocycles. The van der Waals surface area contributed by atoms with Crippen molar-refractivity contribution < 1.29 is 13.9 Å². The van der Waals surface area contributed by atoms with Gasteiger partial charge in [0, 0.05) is 39.6 Å². The highest BCUT2D eigenvalue weighted by Crippen LogP contribution is 2.18. The second kappa shape index (κ2) is 6.59. The predicted octanol–water partition coefficient (Wildman–Crippen LogP) is 2.10. The standard InChI is InChI=1S/C14H21NO3/c1-17-11-12-6-8-15(9-7-12)14(16)5-4-13-3-2-10-18-13/h2-3,10,12H,4-9,11H2,1H3. The molecule has 1 amide bonds. The lowest BCUT2D eigenvalue weighted by Crippen LogP contribution is -2.39. The van der Waals surface area contributed by atoms with Crippen LogP contribution in [0, 0.1) is 5.92 Å². The lowest BCUT2D eigenvalue weighted by atomic mass is 9.97. The van der Waals surface area contributed by atoms with E-state index in [0.717, 1.165) is 38.3 Å². The van der Waals surface area contributed by atoms with Crippen LogP contribution in [0.1, 0.15) is 25.0 Å². The Kier molecular flexibility index (Phi) is 4.81. The summed E-state index contributed by atoms with van der Waals surface area (Å²) in [7, 11) is 1.74. The van der Waals surface area contributed by atoms with E-state index in [1.807, 2.05) is 17.0 Å². The van der Waals surface area contributed by atoms with E-state index in [-0.39, 0.29) is 5.91 Å². The molecule has 1 aromatic rings. The molecule has 0 aromatic carbocycles. The Bertz CT molecular complexity index is 353. The normalized spacial score (nSPS) is 17.1. The minimum absolute atomic E-state index is 0.238. The number of furan rings is 1. The molecule has 0 N–H and O–H groups in total. The molecule has 18 heavy (non-hydrogen) atoms. The fourth-order valence-electron chi connectivity index (χ4n) is 2.43. The van der Waals surface area contributed by atoms with E-state index in [1.165, 1.54) is 0 Å². The molecule has 0 radical (unpaired) electrons. The first kappa shape index (κ1) is 13.1. The van der Waals surface area contributed by atoms with Gasteiger partial charge in [0.05, 0.1) is 6.26 Å². The first-order valence-electron chi connectivity index (χ1n) is 6.58. The maximum absolute atomic E-state index is 12.0. The van der Waals surface area contributed by atoms with Crippen molar-refractivity contribution in [2.24, 2.45) is 5.92 Å². The molecule has 2 rings (SSSR count). The first-order valence-corrected chi connectivity index (χ1v) is 6.58. The summed E-state index contributed by atoms with van der Waals surface area (Å²) >= 11 is 0. The van der Waals surface area contributed by atoms with Gasteiger partial charge in [-0.05, 0) is 30.9 Å². The quantitative estimate of drug-likeness (QED) is 0.805. The van der Waals surface area contributed by atoms with E-state index in [1.54, 1.807) is 13.4 Å². The van der Waals surface area contributed by atoms with Gasteiger partial charge in [-0.1, -0.05) is 0 Å². The number of likely N-dealkylation sites (tertiary alicyclic amines) is 1. The van der Waals surface area contributed by atoms with Crippen LogP contribution in [-0.4, -0.2) is 37.6 Å². The Labute approximate surface area is 108 Å². The van der Waals surface area contributed by atoms with Crippen LogP contribution in [0.4, 0.5) is 0 Å². The summed E-state index contributed by atoms with van der Waals surface area (Å²) in [5, 5.41) is 0. The zero-order chi connectivity index (χ0) is 12.8. The molecule has 1 aromatic heterocycles. The number of methoxy groups -OCH3 is 1. The minimum atomic E-state index is 0.238. The largest absolute Gasteiger partial charge is 0.469 e. The lowest BCUT2D eigenvalue weighted by Gasteiger charge is -2.31. The Balaban J connectivity index is 1.70. The van der Waals surface area contributed by atoms with Crippen LogP contribution >= 0.6 is 0 Å². The number of hydrogen-bond donors (Lipinski definition) is 0. The zero-order valence-electron chi connectivity index (χ0n) is 10.9. The van der Waals surface area contributed by atoms with Crippen LogP contribution in [0.25, 0.3) is 0 Å². The third-order valence-corrected chi connectivity index (χ3v) is 3.53. The summed E-state index contributed by atoms with van der Waals surface area (Å²) in [5.41, 5.74) is 0. The van der Waals surface area contributed by atoms with Gasteiger partial charge in [-0.25, -0.2) is 0 Å². The van der Waals surface area contributed by atoms with Crippen molar-refractivity contribution in [1.82, 2.24) is 4.90 Å². The molecule has 0 unspecified atom stereocenters. The van der Waals surface area contributed by atoms with E-state index < -0.39 is 0 Å². The first-order chi connectivity index (χ1) is 8.79. The molecule has 0 bridgehead atoms. The molecule has 4 nitrogen and oxygen atoms in total. The van der Waals surface area contributed by atoms with Crippen LogP contribution in [-0.2, 0) is 16.0 Å². The van der Waals surface area contributed by atoms with Crippen LogP contribution in [0.3, 0.4) is 0 Å². The molecule has 0 atom stereocenters. The SMILES string of the molecule is COCC1CCN(C(=O)CCc2ccco2)CC1. The molecule has 4 heteroatoms. The van der Waals surface area contributed by atoms with E-state index in [0.29, 0.717) is 18.8 Å². The summed E-state index contributed by atoms with van der Waals surface area (Å²) in [4.78, 5) is 14.0. The van der Waals surface area contributed by atoms with Gasteiger partial charge in [0.2, 0.25) is 5.91 Å². The van der Waals surface area contributed by atoms with Crippen molar-refractivity contribution in [1.29, 1.82) is 0 Å². The topological polar surface area (TPSA) is 42.7 Å². The smallest absolute Gasteiger partial charge is 0.223 e. The third-order valence-electron chi connectivity index (χ3n) is 3.53. The summed E-state index contributed by atoms with van der Waals surface area (Å²) in [5.74, 6) is 1.74. The van der Waals surface area contributed by atoms with Crippen molar-refractivity contribution in [2.45, 2.75) is 25.7 Å². The van der Waals surface area contributed by atoms with E-state index in [9.17, 15) is 4.79 Å². The Hall–Kier alpha value is -1.29. The highest BCUT2D eigenvalue weighted by molar-refractivity contribution is 5.76. The summed E-state index contributed by atoms with van der Waals surface area (Å²) in [6.45, 7) is 2.55. The van der Waals surface area contributed by atoms with Gasteiger partial charge in [-0.2, -0.15) is 0 Å². The molecule has 0 aliphatic carbocycles. The summed E-state index contributed by atoms with van der Waals surface area (Å²) < 4.78 is 10.4. The van der Waals surface area contributed by atoms with Crippen LogP contribution in [0.15, 0.2) is 22.8 Å². The van der Waals surface area contributed by atoms with E-state index in [4.69, 9.17) is 9.15 Å². The van der Waals surface area contributed by atoms with E-state index >= 15 is 0 Å². The highest BCUT2D eigenvalue weighted by Gasteiger charge is 2.22. The molecule has 0 spiro atoms. The average molecular weight is 251 g/mol. The fourth-order valence-corrected chi connectivity index (χ4v) is 2.43. The zero-order valence-corrected chi connectivity index (χ0v) is 10.9. The average Bonchev–Trinajstić information content (AvgIpc) is 2.90. The second-order valence-corrected chi connectivity index (χ2v) is 4.86. The predicted molar refractivity (Wildman–Crippen MR) is 68.2 cm³/mol. The number of piperidine rings is 1. The van der Waals surface area contributed by atoms with Gasteiger partial charge in [0.15, 0.2) is 0 Å². The van der Waals surface area contributed by atoms with Gasteiger partial charge in [0.1, 0.15) is 5.76 Å². The van der Waals surface area contributed by atoms with Gasteiger partial charge >= 0.3 is 0 Å². The lowest BCUT2D eigenvalue weighted by molar-refractivity contribution is -0.132. The molecular formula is C14H21NO3. The molecule has 0 saturated carbocycles. The number of aryl methyl sites for hydroxylation is 1. The maximum atomic E-state index is 12.0. The minimum Gasteiger partial charge on any atom is -0.469 e. The molecule has 1 fully saturated rings. The Morgan fingerprint density at radius 2 is 2.28 bits per heavy atom. The van der Waals surface area contributed by atoms with E-state index in [2.05, 4.69) is 0 Å². The summed E-state index contributed by atoms with van der Waals surface area (Å²) in [6.07, 6.45) is 5.00. The van der Waals surface area contributed by atoms with Crippen molar-refractivity contribution >= 4 is 5.91 Å². The second-order valence-electron chi connectivity index (χ2n) is 4.86. The Morgan fingerprint density at radius 3 is 2.89 bits per heavy atom. The molecule has 100 valence electrons. The highest BCUT2D eigenvalue weighted by atomic mass is 16.5. The number of carbonyl (C=O) groups excluding carboxylic acids is 1. The van der Waals surface area contributed by atoms with Crippen molar-refractivity contribution in [3.8, 4) is 0 Å².